The van der Waals surface area contributed by atoms with Crippen LogP contribution in [0.3, 0.4) is 0 Å². The molecule has 0 fully saturated rings. The van der Waals surface area contributed by atoms with Crippen molar-refractivity contribution in [1.29, 1.82) is 0 Å². The molecular formula is C17H17F4N3O2S. The van der Waals surface area contributed by atoms with Crippen molar-refractivity contribution in [3.05, 3.63) is 47.0 Å². The maximum atomic E-state index is 13.1. The largest absolute Gasteiger partial charge is 0.435 e. The lowest BCUT2D eigenvalue weighted by Crippen LogP contribution is -2.29. The zero-order valence-corrected chi connectivity index (χ0v) is 15.0. The number of ether oxygens (including phenoxy) is 1. The minimum atomic E-state index is -4.54. The van der Waals surface area contributed by atoms with Crippen molar-refractivity contribution < 1.29 is 27.1 Å². The fourth-order valence-electron chi connectivity index (χ4n) is 2.75. The monoisotopic (exact) mass is 403 g/mol. The van der Waals surface area contributed by atoms with Crippen LogP contribution in [0.15, 0.2) is 29.2 Å². The Balaban J connectivity index is 1.53. The molecule has 10 heteroatoms. The van der Waals surface area contributed by atoms with E-state index in [1.54, 1.807) is 12.1 Å². The number of fused-ring (bicyclic) bond motifs is 1. The van der Waals surface area contributed by atoms with Gasteiger partial charge in [-0.15, -0.1) is 11.8 Å². The Bertz CT molecular complexity index is 806. The lowest BCUT2D eigenvalue weighted by atomic mass is 10.1. The van der Waals surface area contributed by atoms with Gasteiger partial charge in [0.05, 0.1) is 25.5 Å². The number of aromatic nitrogens is 2. The highest BCUT2D eigenvalue weighted by Crippen LogP contribution is 2.34. The van der Waals surface area contributed by atoms with Crippen molar-refractivity contribution in [1.82, 2.24) is 15.1 Å². The molecule has 0 spiro atoms. The molecule has 0 saturated carbocycles. The Hall–Kier alpha value is -2.07. The third kappa shape index (κ3) is 5.01. The Kier molecular flexibility index (Phi) is 6.05. The number of alkyl halides is 3. The van der Waals surface area contributed by atoms with Crippen molar-refractivity contribution in [3.63, 3.8) is 0 Å². The van der Waals surface area contributed by atoms with Gasteiger partial charge in [0.1, 0.15) is 5.82 Å². The van der Waals surface area contributed by atoms with E-state index in [2.05, 4.69) is 10.4 Å². The molecule has 0 bridgehead atoms. The average Bonchev–Trinajstić information content (AvgIpc) is 3.01. The molecule has 27 heavy (non-hydrogen) atoms. The van der Waals surface area contributed by atoms with Gasteiger partial charge in [0, 0.05) is 29.1 Å². The van der Waals surface area contributed by atoms with E-state index in [1.165, 1.54) is 28.6 Å². The normalized spacial score (nSPS) is 14.1. The van der Waals surface area contributed by atoms with Crippen molar-refractivity contribution in [2.45, 2.75) is 30.6 Å². The van der Waals surface area contributed by atoms with E-state index < -0.39 is 11.9 Å². The van der Waals surface area contributed by atoms with E-state index >= 15 is 0 Å². The lowest BCUT2D eigenvalue weighted by Gasteiger charge is -2.15. The zero-order chi connectivity index (χ0) is 19.4. The molecule has 3 rings (SSSR count). The first-order chi connectivity index (χ1) is 12.8. The van der Waals surface area contributed by atoms with E-state index in [0.717, 1.165) is 4.90 Å². The molecule has 1 aromatic carbocycles. The molecular weight excluding hydrogens is 386 g/mol. The SMILES string of the molecule is O=C(CSc1ccc(F)cc1)NCCn1nc(C(F)(F)F)c2c1CCOC2. The predicted octanol–water partition coefficient (Wildman–Crippen LogP) is 3.02. The van der Waals surface area contributed by atoms with Crippen molar-refractivity contribution >= 4 is 17.7 Å². The van der Waals surface area contributed by atoms with Crippen LogP contribution in [0.25, 0.3) is 0 Å². The van der Waals surface area contributed by atoms with Gasteiger partial charge >= 0.3 is 6.18 Å². The number of nitrogens with zero attached hydrogens (tertiary/aromatic N) is 2. The summed E-state index contributed by atoms with van der Waals surface area (Å²) in [5.74, 6) is -0.482. The van der Waals surface area contributed by atoms with Gasteiger partial charge in [-0.2, -0.15) is 18.3 Å². The number of hydrogen-bond acceptors (Lipinski definition) is 4. The van der Waals surface area contributed by atoms with Gasteiger partial charge in [-0.25, -0.2) is 4.39 Å². The van der Waals surface area contributed by atoms with Gasteiger partial charge < -0.3 is 10.1 Å². The highest BCUT2D eigenvalue weighted by Gasteiger charge is 2.39. The standard InChI is InChI=1S/C17H17F4N3O2S/c18-11-1-3-12(4-2-11)27-10-15(25)22-6-7-24-14-5-8-26-9-13(14)16(23-24)17(19,20)21/h1-4H,5-10H2,(H,22,25). The van der Waals surface area contributed by atoms with Gasteiger partial charge in [0.25, 0.3) is 0 Å². The van der Waals surface area contributed by atoms with Gasteiger partial charge in [0.2, 0.25) is 5.91 Å². The van der Waals surface area contributed by atoms with E-state index in [0.29, 0.717) is 18.7 Å². The zero-order valence-electron chi connectivity index (χ0n) is 14.2. The number of nitrogens with one attached hydrogen (secondary N) is 1. The molecule has 2 aromatic rings. The molecule has 1 amide bonds. The molecule has 146 valence electrons. The minimum Gasteiger partial charge on any atom is -0.376 e. The second kappa shape index (κ2) is 8.30. The molecule has 1 aliphatic rings. The van der Waals surface area contributed by atoms with Gasteiger partial charge in [-0.05, 0) is 24.3 Å². The summed E-state index contributed by atoms with van der Waals surface area (Å²) in [6.07, 6.45) is -4.18. The van der Waals surface area contributed by atoms with Crippen LogP contribution in [0.2, 0.25) is 0 Å². The molecule has 0 saturated heterocycles. The van der Waals surface area contributed by atoms with Gasteiger partial charge in [-0.1, -0.05) is 0 Å². The van der Waals surface area contributed by atoms with Crippen LogP contribution >= 0.6 is 11.8 Å². The average molecular weight is 403 g/mol. The highest BCUT2D eigenvalue weighted by molar-refractivity contribution is 8.00. The third-order valence-electron chi connectivity index (χ3n) is 3.99. The second-order valence-corrected chi connectivity index (χ2v) is 6.94. The maximum Gasteiger partial charge on any atom is 0.435 e. The summed E-state index contributed by atoms with van der Waals surface area (Å²) < 4.78 is 58.5. The molecule has 0 atom stereocenters. The van der Waals surface area contributed by atoms with Crippen LogP contribution < -0.4 is 5.32 Å². The Morgan fingerprint density at radius 2 is 2.04 bits per heavy atom. The first-order valence-electron chi connectivity index (χ1n) is 8.23. The van der Waals surface area contributed by atoms with Gasteiger partial charge in [-0.3, -0.25) is 9.48 Å². The van der Waals surface area contributed by atoms with Crippen LogP contribution in [0.4, 0.5) is 17.6 Å². The van der Waals surface area contributed by atoms with Crippen LogP contribution in [-0.4, -0.2) is 34.6 Å². The Labute approximate surface area is 157 Å². The van der Waals surface area contributed by atoms with Crippen LogP contribution in [0.5, 0.6) is 0 Å². The summed E-state index contributed by atoms with van der Waals surface area (Å²) in [5.41, 5.74) is -0.342. The number of rotatable bonds is 6. The minimum absolute atomic E-state index is 0.0759. The number of thioether (sulfide) groups is 1. The number of carbonyl (C=O) groups excluding carboxylic acids is 1. The van der Waals surface area contributed by atoms with Crippen LogP contribution in [-0.2, 0) is 35.3 Å². The fourth-order valence-corrected chi connectivity index (χ4v) is 3.48. The van der Waals surface area contributed by atoms with Crippen molar-refractivity contribution in [2.24, 2.45) is 0 Å². The van der Waals surface area contributed by atoms with E-state index in [4.69, 9.17) is 4.74 Å². The van der Waals surface area contributed by atoms with E-state index in [9.17, 15) is 22.4 Å². The van der Waals surface area contributed by atoms with Gasteiger partial charge in [0.15, 0.2) is 5.69 Å². The molecule has 5 nitrogen and oxygen atoms in total. The number of amides is 1. The van der Waals surface area contributed by atoms with Crippen molar-refractivity contribution in [2.75, 3.05) is 18.9 Å². The van der Waals surface area contributed by atoms with E-state index in [1.807, 2.05) is 0 Å². The summed E-state index contributed by atoms with van der Waals surface area (Å²) in [5, 5.41) is 6.34. The molecule has 0 radical (unpaired) electrons. The topological polar surface area (TPSA) is 56.2 Å². The van der Waals surface area contributed by atoms with E-state index in [-0.39, 0.29) is 42.7 Å². The summed E-state index contributed by atoms with van der Waals surface area (Å²) >= 11 is 1.25. The van der Waals surface area contributed by atoms with Crippen molar-refractivity contribution in [3.8, 4) is 0 Å². The fraction of sp³-hybridized carbons (Fsp3) is 0.412. The summed E-state index contributed by atoms with van der Waals surface area (Å²) in [4.78, 5) is 12.6. The Morgan fingerprint density at radius 3 is 2.74 bits per heavy atom. The third-order valence-corrected chi connectivity index (χ3v) is 5.01. The molecule has 1 aromatic heterocycles. The highest BCUT2D eigenvalue weighted by atomic mass is 32.2. The maximum absolute atomic E-state index is 13.1. The number of hydrogen-bond donors (Lipinski definition) is 1. The number of carbonyl (C=O) groups is 1. The first kappa shape index (κ1) is 19.7. The molecule has 1 aliphatic heterocycles. The predicted molar refractivity (Wildman–Crippen MR) is 90.7 cm³/mol. The second-order valence-electron chi connectivity index (χ2n) is 5.89. The molecule has 2 heterocycles. The number of benzene rings is 1. The summed E-state index contributed by atoms with van der Waals surface area (Å²) in [7, 11) is 0. The Morgan fingerprint density at radius 1 is 1.30 bits per heavy atom. The van der Waals surface area contributed by atoms with Crippen LogP contribution in [0.1, 0.15) is 17.0 Å². The molecule has 0 aliphatic carbocycles. The molecule has 1 N–H and O–H groups in total. The summed E-state index contributed by atoms with van der Waals surface area (Å²) in [6, 6.07) is 5.76. The summed E-state index contributed by atoms with van der Waals surface area (Å²) in [6.45, 7) is 0.544. The smallest absolute Gasteiger partial charge is 0.376 e. The quantitative estimate of drug-likeness (QED) is 0.595. The number of halogens is 4. The lowest BCUT2D eigenvalue weighted by molar-refractivity contribution is -0.142. The van der Waals surface area contributed by atoms with Crippen LogP contribution in [0, 0.1) is 5.82 Å². The molecule has 0 unspecified atom stereocenters. The first-order valence-corrected chi connectivity index (χ1v) is 9.21.